The quantitative estimate of drug-likeness (QED) is 0.691. The summed E-state index contributed by atoms with van der Waals surface area (Å²) in [6, 6.07) is 7.93. The molecule has 0 bridgehead atoms. The molecule has 86 valence electrons. The topological polar surface area (TPSA) is 17.1 Å². The standard InChI is InChI=1S/C15H20O/c1-12-6-9-14(10-7-12)15(16)11-8-13-4-2-3-5-13/h6-7,9-10,13H,2-5,8,11H2,1H3. The van der Waals surface area contributed by atoms with Crippen molar-refractivity contribution in [3.63, 3.8) is 0 Å². The van der Waals surface area contributed by atoms with Crippen LogP contribution in [0.1, 0.15) is 54.4 Å². The van der Waals surface area contributed by atoms with Crippen molar-refractivity contribution in [2.45, 2.75) is 45.4 Å². The Bertz CT molecular complexity index is 344. The molecule has 0 atom stereocenters. The van der Waals surface area contributed by atoms with E-state index in [1.807, 2.05) is 31.2 Å². The molecular weight excluding hydrogens is 196 g/mol. The first kappa shape index (κ1) is 11.4. The zero-order valence-corrected chi connectivity index (χ0v) is 10.0. The molecule has 0 heterocycles. The van der Waals surface area contributed by atoms with Crippen molar-refractivity contribution in [3.8, 4) is 0 Å². The molecule has 0 unspecified atom stereocenters. The van der Waals surface area contributed by atoms with Gasteiger partial charge in [-0.15, -0.1) is 0 Å². The van der Waals surface area contributed by atoms with Gasteiger partial charge in [-0.2, -0.15) is 0 Å². The Balaban J connectivity index is 1.85. The molecule has 1 aliphatic carbocycles. The van der Waals surface area contributed by atoms with E-state index in [4.69, 9.17) is 0 Å². The molecular formula is C15H20O. The maximum atomic E-state index is 11.9. The van der Waals surface area contributed by atoms with Crippen LogP contribution in [0.2, 0.25) is 0 Å². The Morgan fingerprint density at radius 1 is 1.19 bits per heavy atom. The summed E-state index contributed by atoms with van der Waals surface area (Å²) in [7, 11) is 0. The minimum Gasteiger partial charge on any atom is -0.294 e. The lowest BCUT2D eigenvalue weighted by Crippen LogP contribution is -2.02. The molecule has 2 rings (SSSR count). The van der Waals surface area contributed by atoms with Crippen LogP contribution in [0.5, 0.6) is 0 Å². The maximum Gasteiger partial charge on any atom is 0.162 e. The fourth-order valence-corrected chi connectivity index (χ4v) is 2.52. The van der Waals surface area contributed by atoms with Gasteiger partial charge in [-0.05, 0) is 19.3 Å². The molecule has 1 aromatic carbocycles. The van der Waals surface area contributed by atoms with Crippen molar-refractivity contribution in [2.24, 2.45) is 5.92 Å². The highest BCUT2D eigenvalue weighted by Gasteiger charge is 2.16. The Labute approximate surface area is 97.9 Å². The predicted molar refractivity (Wildman–Crippen MR) is 66.7 cm³/mol. The molecule has 16 heavy (non-hydrogen) atoms. The second-order valence-electron chi connectivity index (χ2n) is 4.98. The highest BCUT2D eigenvalue weighted by molar-refractivity contribution is 5.96. The van der Waals surface area contributed by atoms with Crippen molar-refractivity contribution in [2.75, 3.05) is 0 Å². The average molecular weight is 216 g/mol. The van der Waals surface area contributed by atoms with Crippen LogP contribution in [0, 0.1) is 12.8 Å². The lowest BCUT2D eigenvalue weighted by Gasteiger charge is -2.07. The summed E-state index contributed by atoms with van der Waals surface area (Å²) in [6.07, 6.45) is 7.22. The van der Waals surface area contributed by atoms with Gasteiger partial charge in [0.2, 0.25) is 0 Å². The smallest absolute Gasteiger partial charge is 0.162 e. The molecule has 1 aromatic rings. The summed E-state index contributed by atoms with van der Waals surface area (Å²) in [5.74, 6) is 1.13. The summed E-state index contributed by atoms with van der Waals surface area (Å²) in [6.45, 7) is 2.05. The van der Waals surface area contributed by atoms with Crippen molar-refractivity contribution in [1.82, 2.24) is 0 Å². The van der Waals surface area contributed by atoms with Crippen molar-refractivity contribution < 1.29 is 4.79 Å². The number of aryl methyl sites for hydroxylation is 1. The van der Waals surface area contributed by atoms with Crippen LogP contribution in [-0.2, 0) is 0 Å². The Hall–Kier alpha value is -1.11. The zero-order chi connectivity index (χ0) is 11.4. The fraction of sp³-hybridized carbons (Fsp3) is 0.533. The molecule has 1 nitrogen and oxygen atoms in total. The van der Waals surface area contributed by atoms with Crippen LogP contribution in [-0.4, -0.2) is 5.78 Å². The Morgan fingerprint density at radius 3 is 2.44 bits per heavy atom. The highest BCUT2D eigenvalue weighted by Crippen LogP contribution is 2.28. The van der Waals surface area contributed by atoms with Crippen LogP contribution < -0.4 is 0 Å². The van der Waals surface area contributed by atoms with Crippen molar-refractivity contribution in [1.29, 1.82) is 0 Å². The van der Waals surface area contributed by atoms with Gasteiger partial charge in [0, 0.05) is 12.0 Å². The molecule has 1 aliphatic rings. The van der Waals surface area contributed by atoms with Crippen LogP contribution in [0.4, 0.5) is 0 Å². The van der Waals surface area contributed by atoms with E-state index in [0.29, 0.717) is 5.78 Å². The van der Waals surface area contributed by atoms with Gasteiger partial charge in [0.1, 0.15) is 0 Å². The third-order valence-corrected chi connectivity index (χ3v) is 3.63. The minimum atomic E-state index is 0.312. The van der Waals surface area contributed by atoms with Crippen LogP contribution in [0.3, 0.4) is 0 Å². The van der Waals surface area contributed by atoms with E-state index in [1.54, 1.807) is 0 Å². The molecule has 0 saturated heterocycles. The highest BCUT2D eigenvalue weighted by atomic mass is 16.1. The van der Waals surface area contributed by atoms with Gasteiger partial charge in [0.15, 0.2) is 5.78 Å². The first-order valence-corrected chi connectivity index (χ1v) is 6.35. The Morgan fingerprint density at radius 2 is 1.81 bits per heavy atom. The number of ketones is 1. The van der Waals surface area contributed by atoms with E-state index < -0.39 is 0 Å². The van der Waals surface area contributed by atoms with E-state index >= 15 is 0 Å². The first-order valence-electron chi connectivity index (χ1n) is 6.35. The van der Waals surface area contributed by atoms with E-state index in [-0.39, 0.29) is 0 Å². The van der Waals surface area contributed by atoms with Gasteiger partial charge in [-0.1, -0.05) is 55.5 Å². The number of rotatable bonds is 4. The largest absolute Gasteiger partial charge is 0.294 e. The second-order valence-corrected chi connectivity index (χ2v) is 4.98. The summed E-state index contributed by atoms with van der Waals surface area (Å²) in [5, 5.41) is 0. The third kappa shape index (κ3) is 2.94. The minimum absolute atomic E-state index is 0.312. The molecule has 0 N–H and O–H groups in total. The number of Topliss-reactive ketones (excluding diaryl/α,β-unsaturated/α-hetero) is 1. The SMILES string of the molecule is Cc1ccc(C(=O)CCC2CCCC2)cc1. The van der Waals surface area contributed by atoms with Crippen molar-refractivity contribution in [3.05, 3.63) is 35.4 Å². The molecule has 1 saturated carbocycles. The van der Waals surface area contributed by atoms with E-state index in [1.165, 1.54) is 31.2 Å². The maximum absolute atomic E-state index is 11.9. The number of carbonyl (C=O) groups excluding carboxylic acids is 1. The van der Waals surface area contributed by atoms with Gasteiger partial charge >= 0.3 is 0 Å². The molecule has 1 fully saturated rings. The van der Waals surface area contributed by atoms with Gasteiger partial charge in [-0.25, -0.2) is 0 Å². The summed E-state index contributed by atoms with van der Waals surface area (Å²) >= 11 is 0. The zero-order valence-electron chi connectivity index (χ0n) is 10.0. The average Bonchev–Trinajstić information content (AvgIpc) is 2.80. The first-order chi connectivity index (χ1) is 7.75. The number of benzene rings is 1. The number of hydrogen-bond donors (Lipinski definition) is 0. The fourth-order valence-electron chi connectivity index (χ4n) is 2.52. The monoisotopic (exact) mass is 216 g/mol. The van der Waals surface area contributed by atoms with Gasteiger partial charge in [-0.3, -0.25) is 4.79 Å². The molecule has 0 aliphatic heterocycles. The van der Waals surface area contributed by atoms with Gasteiger partial charge in [0.05, 0.1) is 0 Å². The van der Waals surface area contributed by atoms with Crippen LogP contribution in [0.25, 0.3) is 0 Å². The van der Waals surface area contributed by atoms with E-state index in [9.17, 15) is 4.79 Å². The Kier molecular flexibility index (Phi) is 3.76. The molecule has 0 spiro atoms. The molecule has 0 radical (unpaired) electrons. The van der Waals surface area contributed by atoms with Crippen molar-refractivity contribution >= 4 is 5.78 Å². The van der Waals surface area contributed by atoms with Gasteiger partial charge < -0.3 is 0 Å². The van der Waals surface area contributed by atoms with Crippen LogP contribution >= 0.6 is 0 Å². The second kappa shape index (κ2) is 5.29. The summed E-state index contributed by atoms with van der Waals surface area (Å²) in [5.41, 5.74) is 2.09. The molecule has 0 aromatic heterocycles. The lowest BCUT2D eigenvalue weighted by atomic mass is 9.97. The van der Waals surface area contributed by atoms with Gasteiger partial charge in [0.25, 0.3) is 0 Å². The number of carbonyl (C=O) groups is 1. The molecule has 1 heteroatoms. The summed E-state index contributed by atoms with van der Waals surface area (Å²) < 4.78 is 0. The lowest BCUT2D eigenvalue weighted by molar-refractivity contribution is 0.0974. The van der Waals surface area contributed by atoms with E-state index in [2.05, 4.69) is 0 Å². The number of hydrogen-bond acceptors (Lipinski definition) is 1. The summed E-state index contributed by atoms with van der Waals surface area (Å²) in [4.78, 5) is 11.9. The predicted octanol–water partition coefficient (Wildman–Crippen LogP) is 4.15. The van der Waals surface area contributed by atoms with Crippen LogP contribution in [0.15, 0.2) is 24.3 Å². The third-order valence-electron chi connectivity index (χ3n) is 3.63. The molecule has 0 amide bonds. The normalized spacial score (nSPS) is 16.6. The van der Waals surface area contributed by atoms with E-state index in [0.717, 1.165) is 24.3 Å².